The molecule has 0 saturated carbocycles. The fraction of sp³-hybridized carbons (Fsp3) is 0. The molecule has 3 N–H and O–H groups in total. The van der Waals surface area contributed by atoms with Gasteiger partial charge in [0.25, 0.3) is 0 Å². The second-order valence-corrected chi connectivity index (χ2v) is 1.54. The van der Waals surface area contributed by atoms with Crippen molar-refractivity contribution >= 4 is 7.82 Å². The third kappa shape index (κ3) is 88.0. The Morgan fingerprint density at radius 2 is 1.25 bits per heavy atom. The molecule has 4 nitrogen and oxygen atoms in total. The van der Waals surface area contributed by atoms with Crippen LogP contribution in [-0.4, -0.2) is 14.7 Å². The minimum atomic E-state index is -4.64. The average molecular weight is 213 g/mol. The molecule has 0 aromatic carbocycles. The van der Waals surface area contributed by atoms with Crippen molar-refractivity contribution in [1.29, 1.82) is 0 Å². The van der Waals surface area contributed by atoms with E-state index in [1.165, 1.54) is 0 Å². The summed E-state index contributed by atoms with van der Waals surface area (Å²) in [4.78, 5) is 21.6. The Kier molecular flexibility index (Phi) is 25.8. The monoisotopic (exact) mass is 213 g/mol. The minimum Gasteiger partial charge on any atom is -1.00 e. The fourth-order valence-electron chi connectivity index (χ4n) is 0. The van der Waals surface area contributed by atoms with Crippen LogP contribution in [0, 0.1) is 0 Å². The molecular formula is H5FKMnO4P. The van der Waals surface area contributed by atoms with Gasteiger partial charge in [-0.2, -0.15) is 0 Å². The van der Waals surface area contributed by atoms with Crippen LogP contribution in [0.15, 0.2) is 0 Å². The molecule has 0 aliphatic heterocycles. The third-order valence-electron chi connectivity index (χ3n) is 0. The molecule has 0 saturated heterocycles. The summed E-state index contributed by atoms with van der Waals surface area (Å²) in [6.07, 6.45) is 0. The summed E-state index contributed by atoms with van der Waals surface area (Å²) in [5.41, 5.74) is 0. The van der Waals surface area contributed by atoms with Gasteiger partial charge in [0.15, 0.2) is 0 Å². The quantitative estimate of drug-likeness (QED) is 0.286. The van der Waals surface area contributed by atoms with E-state index in [1.807, 2.05) is 0 Å². The summed E-state index contributed by atoms with van der Waals surface area (Å²) in [6, 6.07) is 0. The first-order valence-corrected chi connectivity index (χ1v) is 2.35. The predicted molar refractivity (Wildman–Crippen MR) is 17.9 cm³/mol. The van der Waals surface area contributed by atoms with Crippen LogP contribution in [0.2, 0.25) is 0 Å². The van der Waals surface area contributed by atoms with Crippen molar-refractivity contribution in [3.8, 4) is 0 Å². The molecule has 0 heterocycles. The molecule has 0 fully saturated rings. The average Bonchev–Trinajstić information content (AvgIpc) is 0.722. The molecule has 8 heteroatoms. The van der Waals surface area contributed by atoms with E-state index < -0.39 is 7.82 Å². The van der Waals surface area contributed by atoms with Crippen molar-refractivity contribution in [3.05, 3.63) is 0 Å². The summed E-state index contributed by atoms with van der Waals surface area (Å²) in [5, 5.41) is 0. The molecule has 0 spiro atoms. The number of phosphoric acid groups is 1. The van der Waals surface area contributed by atoms with Gasteiger partial charge in [0, 0.05) is 17.1 Å². The SMILES string of the molecule is F.O=P(O)(O)O.[H-].[K+].[Mn]. The summed E-state index contributed by atoms with van der Waals surface area (Å²) >= 11 is 0. The predicted octanol–water partition coefficient (Wildman–Crippen LogP) is -3.66. The standard InChI is InChI=1S/FH.K.Mn.H3O4P.H/c;;;1-5(2,3)4;/h1H;;;(H3,1,2,3,4);/q;+1;;;-1. The first kappa shape index (κ1) is 22.5. The molecule has 0 aliphatic rings. The third-order valence-corrected chi connectivity index (χ3v) is 0. The van der Waals surface area contributed by atoms with Crippen LogP contribution >= 0.6 is 7.82 Å². The van der Waals surface area contributed by atoms with Gasteiger partial charge >= 0.3 is 59.2 Å². The Morgan fingerprint density at radius 3 is 1.25 bits per heavy atom. The first-order chi connectivity index (χ1) is 2.00. The normalized spacial score (nSPS) is 7.38. The van der Waals surface area contributed by atoms with Gasteiger partial charge in [-0.1, -0.05) is 0 Å². The Hall–Kier alpha value is 2.20. The molecule has 0 amide bonds. The minimum absolute atomic E-state index is 0. The van der Waals surface area contributed by atoms with Crippen LogP contribution in [0.25, 0.3) is 0 Å². The molecule has 8 heavy (non-hydrogen) atoms. The van der Waals surface area contributed by atoms with Crippen molar-refractivity contribution in [2.24, 2.45) is 0 Å². The van der Waals surface area contributed by atoms with E-state index >= 15 is 0 Å². The van der Waals surface area contributed by atoms with E-state index in [1.54, 1.807) is 0 Å². The van der Waals surface area contributed by atoms with Crippen LogP contribution < -0.4 is 51.4 Å². The van der Waals surface area contributed by atoms with Crippen molar-refractivity contribution in [1.82, 2.24) is 0 Å². The van der Waals surface area contributed by atoms with E-state index in [0.717, 1.165) is 0 Å². The zero-order valence-electron chi connectivity index (χ0n) is 4.98. The molecular weight excluding hydrogens is 208 g/mol. The second kappa shape index (κ2) is 9.20. The maximum atomic E-state index is 8.88. The largest absolute Gasteiger partial charge is 1.00 e. The number of halogens is 1. The van der Waals surface area contributed by atoms with Gasteiger partial charge in [-0.15, -0.1) is 0 Å². The first-order valence-electron chi connectivity index (χ1n) is 0.783. The zero-order valence-corrected chi connectivity index (χ0v) is 9.18. The van der Waals surface area contributed by atoms with Gasteiger partial charge in [-0.05, 0) is 0 Å². The number of hydrogen-bond donors (Lipinski definition) is 3. The maximum absolute atomic E-state index is 8.88. The van der Waals surface area contributed by atoms with Crippen LogP contribution in [0.5, 0.6) is 0 Å². The van der Waals surface area contributed by atoms with Crippen LogP contribution in [0.4, 0.5) is 4.70 Å². The van der Waals surface area contributed by atoms with Crippen LogP contribution in [-0.2, 0) is 21.6 Å². The van der Waals surface area contributed by atoms with Gasteiger partial charge in [0.2, 0.25) is 0 Å². The smallest absolute Gasteiger partial charge is 1.00 e. The zero-order chi connectivity index (χ0) is 4.50. The summed E-state index contributed by atoms with van der Waals surface area (Å²) in [7, 11) is -4.64. The molecule has 1 radical (unpaired) electrons. The molecule has 0 aromatic heterocycles. The molecule has 0 bridgehead atoms. The molecule has 49 valence electrons. The van der Waals surface area contributed by atoms with Crippen molar-refractivity contribution in [2.45, 2.75) is 0 Å². The van der Waals surface area contributed by atoms with Gasteiger partial charge < -0.3 is 16.1 Å². The van der Waals surface area contributed by atoms with Crippen LogP contribution in [0.3, 0.4) is 0 Å². The van der Waals surface area contributed by atoms with Gasteiger partial charge in [-0.25, -0.2) is 4.57 Å². The molecule has 0 rings (SSSR count). The molecule has 0 unspecified atom stereocenters. The van der Waals surface area contributed by atoms with Crippen molar-refractivity contribution in [2.75, 3.05) is 0 Å². The molecule has 0 atom stereocenters. The van der Waals surface area contributed by atoms with Crippen molar-refractivity contribution < 1.29 is 93.8 Å². The Balaban J connectivity index is -0.0000000133. The summed E-state index contributed by atoms with van der Waals surface area (Å²) in [5.74, 6) is 0. The van der Waals surface area contributed by atoms with Gasteiger partial charge in [0.1, 0.15) is 0 Å². The number of hydrogen-bond acceptors (Lipinski definition) is 1. The maximum Gasteiger partial charge on any atom is 1.00 e. The Bertz CT molecular complexity index is 66.7. The van der Waals surface area contributed by atoms with E-state index in [2.05, 4.69) is 0 Å². The van der Waals surface area contributed by atoms with E-state index in [0.29, 0.717) is 0 Å². The summed E-state index contributed by atoms with van der Waals surface area (Å²) in [6.45, 7) is 0. The Morgan fingerprint density at radius 1 is 1.25 bits per heavy atom. The van der Waals surface area contributed by atoms with E-state index in [4.69, 9.17) is 19.2 Å². The second-order valence-electron chi connectivity index (χ2n) is 0.513. The van der Waals surface area contributed by atoms with E-state index in [9.17, 15) is 0 Å². The van der Waals surface area contributed by atoms with Gasteiger partial charge in [0.05, 0.1) is 0 Å². The van der Waals surface area contributed by atoms with Crippen LogP contribution in [0.1, 0.15) is 1.43 Å². The summed E-state index contributed by atoms with van der Waals surface area (Å²) < 4.78 is 8.88. The molecule has 0 aliphatic carbocycles. The van der Waals surface area contributed by atoms with E-state index in [-0.39, 0.29) is 74.6 Å². The fourth-order valence-corrected chi connectivity index (χ4v) is 0. The molecule has 0 aromatic rings. The number of rotatable bonds is 0. The van der Waals surface area contributed by atoms with Gasteiger partial charge in [-0.3, -0.25) is 4.70 Å². The topological polar surface area (TPSA) is 77.8 Å². The van der Waals surface area contributed by atoms with Crippen molar-refractivity contribution in [3.63, 3.8) is 0 Å². The Labute approximate surface area is 100 Å².